The zero-order valence-corrected chi connectivity index (χ0v) is 10.9. The lowest BCUT2D eigenvalue weighted by Gasteiger charge is -1.98. The van der Waals surface area contributed by atoms with Gasteiger partial charge in [0.2, 0.25) is 5.69 Å². The molecular formula is C16H16NO2+. The van der Waals surface area contributed by atoms with E-state index < -0.39 is 0 Å². The molecule has 96 valence electrons. The molecule has 2 aromatic rings. The number of aryl methyl sites for hydroxylation is 1. The van der Waals surface area contributed by atoms with Crippen LogP contribution in [0.2, 0.25) is 0 Å². The maximum Gasteiger partial charge on any atom is 0.205 e. The maximum absolute atomic E-state index is 5.10. The summed E-state index contributed by atoms with van der Waals surface area (Å²) in [5.74, 6) is 0.818. The van der Waals surface area contributed by atoms with Crippen molar-refractivity contribution >= 4 is 12.2 Å². The zero-order chi connectivity index (χ0) is 13.1. The molecule has 0 atom stereocenters. The number of aromatic nitrogens is 1. The van der Waals surface area contributed by atoms with Crippen LogP contribution in [0.15, 0.2) is 42.6 Å². The van der Waals surface area contributed by atoms with Crippen LogP contribution in [-0.4, -0.2) is 0 Å². The van der Waals surface area contributed by atoms with Gasteiger partial charge in [0.05, 0.1) is 0 Å². The van der Waals surface area contributed by atoms with Gasteiger partial charge in [-0.25, -0.2) is 0 Å². The highest BCUT2D eigenvalue weighted by atomic mass is 17.2. The van der Waals surface area contributed by atoms with E-state index in [1.807, 2.05) is 24.3 Å². The van der Waals surface area contributed by atoms with Crippen molar-refractivity contribution in [2.75, 3.05) is 0 Å². The molecule has 3 rings (SSSR count). The highest BCUT2D eigenvalue weighted by Crippen LogP contribution is 2.27. The van der Waals surface area contributed by atoms with Crippen molar-refractivity contribution in [2.45, 2.75) is 20.1 Å². The number of pyridine rings is 1. The lowest BCUT2D eigenvalue weighted by molar-refractivity contribution is -0.695. The van der Waals surface area contributed by atoms with Crippen LogP contribution in [0.25, 0.3) is 12.2 Å². The first-order valence-electron chi connectivity index (χ1n) is 6.46. The maximum atomic E-state index is 5.10. The summed E-state index contributed by atoms with van der Waals surface area (Å²) in [6, 6.07) is 12.3. The Balaban J connectivity index is 1.86. The molecule has 0 N–H and O–H groups in total. The van der Waals surface area contributed by atoms with Crippen LogP contribution in [-0.2, 0) is 18.0 Å². The summed E-state index contributed by atoms with van der Waals surface area (Å²) in [6.07, 6.45) is 6.28. The first kappa shape index (κ1) is 11.9. The van der Waals surface area contributed by atoms with Crippen molar-refractivity contribution in [1.82, 2.24) is 0 Å². The molecule has 0 saturated heterocycles. The van der Waals surface area contributed by atoms with Gasteiger partial charge < -0.3 is 4.89 Å². The van der Waals surface area contributed by atoms with Crippen molar-refractivity contribution < 1.29 is 14.3 Å². The Bertz CT molecular complexity index is 620. The van der Waals surface area contributed by atoms with Gasteiger partial charge in [-0.2, -0.15) is 9.45 Å². The summed E-state index contributed by atoms with van der Waals surface area (Å²) >= 11 is 0. The van der Waals surface area contributed by atoms with Gasteiger partial charge in [0.25, 0.3) is 0 Å². The molecule has 19 heavy (non-hydrogen) atoms. The Kier molecular flexibility index (Phi) is 3.29. The van der Waals surface area contributed by atoms with Crippen LogP contribution >= 0.6 is 0 Å². The van der Waals surface area contributed by atoms with E-state index >= 15 is 0 Å². The van der Waals surface area contributed by atoms with Crippen molar-refractivity contribution in [2.24, 2.45) is 0 Å². The monoisotopic (exact) mass is 254 g/mol. The normalized spacial score (nSPS) is 13.5. The van der Waals surface area contributed by atoms with E-state index in [4.69, 9.17) is 9.78 Å². The number of rotatable bonds is 3. The predicted molar refractivity (Wildman–Crippen MR) is 73.1 cm³/mol. The fourth-order valence-corrected chi connectivity index (χ4v) is 2.14. The summed E-state index contributed by atoms with van der Waals surface area (Å²) in [7, 11) is 0. The minimum atomic E-state index is 0.536. The predicted octanol–water partition coefficient (Wildman–Crippen LogP) is 2.99. The molecule has 1 aromatic heterocycles. The number of nitrogens with zero attached hydrogens (tertiary/aromatic N) is 1. The van der Waals surface area contributed by atoms with Crippen LogP contribution in [0.5, 0.6) is 5.75 Å². The van der Waals surface area contributed by atoms with Crippen LogP contribution in [0.1, 0.15) is 23.7 Å². The number of hydrogen-bond donors (Lipinski definition) is 0. The Hall–Kier alpha value is -2.13. The lowest BCUT2D eigenvalue weighted by Crippen LogP contribution is -2.34. The molecule has 1 aliphatic heterocycles. The van der Waals surface area contributed by atoms with E-state index in [2.05, 4.69) is 42.0 Å². The van der Waals surface area contributed by atoms with Gasteiger partial charge in [-0.1, -0.05) is 12.1 Å². The van der Waals surface area contributed by atoms with E-state index in [1.54, 1.807) is 0 Å². The van der Waals surface area contributed by atoms with Gasteiger partial charge in [-0.15, -0.1) is 0 Å². The van der Waals surface area contributed by atoms with Gasteiger partial charge >= 0.3 is 0 Å². The molecule has 0 unspecified atom stereocenters. The van der Waals surface area contributed by atoms with Crippen LogP contribution < -0.4 is 9.45 Å². The van der Waals surface area contributed by atoms with Gasteiger partial charge in [0.1, 0.15) is 13.2 Å². The summed E-state index contributed by atoms with van der Waals surface area (Å²) in [5, 5.41) is 0. The summed E-state index contributed by atoms with van der Waals surface area (Å²) in [5.41, 5.74) is 3.39. The fourth-order valence-electron chi connectivity index (χ4n) is 2.14. The number of hydrogen-bond acceptors (Lipinski definition) is 2. The molecule has 0 saturated carbocycles. The third-order valence-corrected chi connectivity index (χ3v) is 3.22. The molecular weight excluding hydrogens is 238 g/mol. The quantitative estimate of drug-likeness (QED) is 0.620. The SMILES string of the molecule is CC[n+]1ccccc1/C=C/c1ccc2c(c1)OOC2. The second-order valence-corrected chi connectivity index (χ2v) is 4.46. The Labute approximate surface area is 112 Å². The topological polar surface area (TPSA) is 22.3 Å². The fraction of sp³-hybridized carbons (Fsp3) is 0.188. The highest BCUT2D eigenvalue weighted by molar-refractivity contribution is 5.68. The molecule has 0 aliphatic carbocycles. The zero-order valence-electron chi connectivity index (χ0n) is 10.9. The smallest absolute Gasteiger partial charge is 0.205 e. The average Bonchev–Trinajstić information content (AvgIpc) is 2.93. The molecule has 2 heterocycles. The third-order valence-electron chi connectivity index (χ3n) is 3.22. The second-order valence-electron chi connectivity index (χ2n) is 4.46. The van der Waals surface area contributed by atoms with Crippen LogP contribution in [0, 0.1) is 0 Å². The van der Waals surface area contributed by atoms with E-state index in [1.165, 1.54) is 5.69 Å². The number of fused-ring (bicyclic) bond motifs is 1. The van der Waals surface area contributed by atoms with E-state index in [9.17, 15) is 0 Å². The van der Waals surface area contributed by atoms with Crippen molar-refractivity contribution in [3.05, 3.63) is 59.4 Å². The molecule has 0 bridgehead atoms. The molecule has 0 radical (unpaired) electrons. The molecule has 1 aromatic carbocycles. The van der Waals surface area contributed by atoms with E-state index in [-0.39, 0.29) is 0 Å². The van der Waals surface area contributed by atoms with Gasteiger partial charge in [0, 0.05) is 23.8 Å². The molecule has 0 spiro atoms. The first-order valence-corrected chi connectivity index (χ1v) is 6.46. The molecule has 1 aliphatic rings. The minimum Gasteiger partial charge on any atom is -0.337 e. The Morgan fingerprint density at radius 3 is 3.05 bits per heavy atom. The van der Waals surface area contributed by atoms with Gasteiger partial charge in [-0.05, 0) is 30.7 Å². The van der Waals surface area contributed by atoms with Crippen LogP contribution in [0.4, 0.5) is 0 Å². The minimum absolute atomic E-state index is 0.536. The molecule has 3 nitrogen and oxygen atoms in total. The third kappa shape index (κ3) is 2.51. The summed E-state index contributed by atoms with van der Waals surface area (Å²) < 4.78 is 2.20. The standard InChI is InChI=1S/C16H16NO2/c1-2-17-10-4-3-5-15(17)9-7-13-6-8-14-12-18-19-16(14)11-13/h3-11H,2,12H2,1H3/q+1/b9-7+. The Morgan fingerprint density at radius 1 is 1.21 bits per heavy atom. The summed E-state index contributed by atoms with van der Waals surface area (Å²) in [4.78, 5) is 10.0. The highest BCUT2D eigenvalue weighted by Gasteiger charge is 2.13. The molecule has 3 heteroatoms. The van der Waals surface area contributed by atoms with Crippen LogP contribution in [0.3, 0.4) is 0 Å². The first-order chi connectivity index (χ1) is 9.36. The molecule has 0 fully saturated rings. The van der Waals surface area contributed by atoms with Gasteiger partial charge in [-0.3, -0.25) is 0 Å². The largest absolute Gasteiger partial charge is 0.337 e. The van der Waals surface area contributed by atoms with E-state index in [0.717, 1.165) is 23.4 Å². The van der Waals surface area contributed by atoms with Gasteiger partial charge in [0.15, 0.2) is 11.9 Å². The number of benzene rings is 1. The summed E-state index contributed by atoms with van der Waals surface area (Å²) in [6.45, 7) is 3.63. The van der Waals surface area contributed by atoms with Crippen molar-refractivity contribution in [3.8, 4) is 5.75 Å². The average molecular weight is 254 g/mol. The van der Waals surface area contributed by atoms with Crippen molar-refractivity contribution in [1.29, 1.82) is 0 Å². The Morgan fingerprint density at radius 2 is 2.16 bits per heavy atom. The van der Waals surface area contributed by atoms with Crippen molar-refractivity contribution in [3.63, 3.8) is 0 Å². The second kappa shape index (κ2) is 5.24. The van der Waals surface area contributed by atoms with E-state index in [0.29, 0.717) is 6.61 Å². The lowest BCUT2D eigenvalue weighted by atomic mass is 10.1. The molecule has 0 amide bonds.